The van der Waals surface area contributed by atoms with Crippen LogP contribution in [-0.4, -0.2) is 11.1 Å². The SMILES string of the molecule is O=C(Nc1cc(-c2ccc(F)cc2)on1)c1c(Br)cccc1Br. The number of carbonyl (C=O) groups excluding carboxylic acids is 1. The maximum Gasteiger partial charge on any atom is 0.259 e. The lowest BCUT2D eigenvalue weighted by atomic mass is 10.2. The maximum atomic E-state index is 12.9. The Balaban J connectivity index is 1.82. The fourth-order valence-electron chi connectivity index (χ4n) is 1.98. The van der Waals surface area contributed by atoms with E-state index in [4.69, 9.17) is 4.52 Å². The van der Waals surface area contributed by atoms with Gasteiger partial charge in [-0.1, -0.05) is 11.2 Å². The highest BCUT2D eigenvalue weighted by Crippen LogP contribution is 2.27. The number of nitrogens with zero attached hydrogens (tertiary/aromatic N) is 1. The first-order valence-corrected chi connectivity index (χ1v) is 8.11. The number of halogens is 3. The zero-order valence-corrected chi connectivity index (χ0v) is 14.7. The van der Waals surface area contributed by atoms with Crippen LogP contribution in [0.25, 0.3) is 11.3 Å². The minimum Gasteiger partial charge on any atom is -0.354 e. The fraction of sp³-hybridized carbons (Fsp3) is 0. The molecule has 0 aliphatic rings. The summed E-state index contributed by atoms with van der Waals surface area (Å²) in [5.74, 6) is 0.0485. The van der Waals surface area contributed by atoms with Gasteiger partial charge in [-0.25, -0.2) is 4.39 Å². The van der Waals surface area contributed by atoms with Crippen molar-refractivity contribution < 1.29 is 13.7 Å². The van der Waals surface area contributed by atoms with Crippen molar-refractivity contribution in [2.45, 2.75) is 0 Å². The first-order valence-electron chi connectivity index (χ1n) is 6.52. The highest BCUT2D eigenvalue weighted by Gasteiger charge is 2.16. The molecule has 7 heteroatoms. The van der Waals surface area contributed by atoms with Gasteiger partial charge in [0.2, 0.25) is 0 Å². The lowest BCUT2D eigenvalue weighted by Gasteiger charge is -2.06. The van der Waals surface area contributed by atoms with E-state index in [1.165, 1.54) is 12.1 Å². The van der Waals surface area contributed by atoms with Crippen LogP contribution in [-0.2, 0) is 0 Å². The van der Waals surface area contributed by atoms with Crippen LogP contribution in [0.2, 0.25) is 0 Å². The fourth-order valence-corrected chi connectivity index (χ4v) is 3.34. The Labute approximate surface area is 147 Å². The van der Waals surface area contributed by atoms with Gasteiger partial charge in [0.15, 0.2) is 11.6 Å². The molecule has 0 atom stereocenters. The van der Waals surface area contributed by atoms with Crippen LogP contribution in [0, 0.1) is 5.82 Å². The summed E-state index contributed by atoms with van der Waals surface area (Å²) in [6, 6.07) is 12.7. The number of hydrogen-bond donors (Lipinski definition) is 1. The third kappa shape index (κ3) is 3.51. The van der Waals surface area contributed by atoms with Crippen molar-refractivity contribution in [3.05, 3.63) is 68.9 Å². The molecule has 0 unspecified atom stereocenters. The Morgan fingerprint density at radius 3 is 2.39 bits per heavy atom. The molecule has 1 aromatic heterocycles. The number of hydrogen-bond acceptors (Lipinski definition) is 3. The minimum absolute atomic E-state index is 0.275. The number of nitrogens with one attached hydrogen (secondary N) is 1. The largest absolute Gasteiger partial charge is 0.354 e. The van der Waals surface area contributed by atoms with Crippen LogP contribution in [0.4, 0.5) is 10.2 Å². The number of amides is 1. The molecule has 0 saturated heterocycles. The number of benzene rings is 2. The summed E-state index contributed by atoms with van der Waals surface area (Å²) in [6.45, 7) is 0. The second kappa shape index (κ2) is 6.64. The van der Waals surface area contributed by atoms with Crippen molar-refractivity contribution in [3.63, 3.8) is 0 Å². The van der Waals surface area contributed by atoms with Crippen LogP contribution >= 0.6 is 31.9 Å². The molecule has 2 aromatic carbocycles. The molecule has 1 amide bonds. The summed E-state index contributed by atoms with van der Waals surface area (Å²) in [6.07, 6.45) is 0. The average Bonchev–Trinajstić information content (AvgIpc) is 2.96. The van der Waals surface area contributed by atoms with Gasteiger partial charge < -0.3 is 9.84 Å². The lowest BCUT2D eigenvalue weighted by Crippen LogP contribution is -2.13. The smallest absolute Gasteiger partial charge is 0.259 e. The van der Waals surface area contributed by atoms with Gasteiger partial charge in [-0.15, -0.1) is 0 Å². The molecular formula is C16H9Br2FN2O2. The van der Waals surface area contributed by atoms with Crippen LogP contribution < -0.4 is 5.32 Å². The molecule has 0 bridgehead atoms. The summed E-state index contributed by atoms with van der Waals surface area (Å²) < 4.78 is 19.4. The van der Waals surface area contributed by atoms with Crippen LogP contribution in [0.1, 0.15) is 10.4 Å². The van der Waals surface area contributed by atoms with Gasteiger partial charge in [0.05, 0.1) is 5.56 Å². The molecule has 4 nitrogen and oxygen atoms in total. The van der Waals surface area contributed by atoms with Crippen molar-refractivity contribution >= 4 is 43.6 Å². The standard InChI is InChI=1S/C16H9Br2FN2O2/c17-11-2-1-3-12(18)15(11)16(22)20-14-8-13(23-21-14)9-4-6-10(19)7-5-9/h1-8H,(H,20,21,22). The average molecular weight is 440 g/mol. The summed E-state index contributed by atoms with van der Waals surface area (Å²) in [5.41, 5.74) is 1.13. The van der Waals surface area contributed by atoms with E-state index in [-0.39, 0.29) is 17.5 Å². The topological polar surface area (TPSA) is 55.1 Å². The van der Waals surface area contributed by atoms with Crippen molar-refractivity contribution in [2.75, 3.05) is 5.32 Å². The van der Waals surface area contributed by atoms with Gasteiger partial charge in [-0.05, 0) is 68.3 Å². The number of rotatable bonds is 3. The predicted octanol–water partition coefficient (Wildman–Crippen LogP) is 5.26. The van der Waals surface area contributed by atoms with E-state index in [9.17, 15) is 9.18 Å². The van der Waals surface area contributed by atoms with Crippen molar-refractivity contribution in [1.82, 2.24) is 5.16 Å². The van der Waals surface area contributed by atoms with Crippen LogP contribution in [0.3, 0.4) is 0 Å². The van der Waals surface area contributed by atoms with Crippen LogP contribution in [0.15, 0.2) is 62.0 Å². The van der Waals surface area contributed by atoms with Gasteiger partial charge in [0.25, 0.3) is 5.91 Å². The molecule has 3 rings (SSSR count). The lowest BCUT2D eigenvalue weighted by molar-refractivity contribution is 0.102. The molecule has 0 spiro atoms. The monoisotopic (exact) mass is 438 g/mol. The quantitative estimate of drug-likeness (QED) is 0.605. The Hall–Kier alpha value is -1.99. The van der Waals surface area contributed by atoms with Gasteiger partial charge in [0.1, 0.15) is 5.82 Å². The highest BCUT2D eigenvalue weighted by atomic mass is 79.9. The Morgan fingerprint density at radius 1 is 1.09 bits per heavy atom. The maximum absolute atomic E-state index is 12.9. The molecule has 0 fully saturated rings. The molecule has 0 aliphatic carbocycles. The summed E-state index contributed by atoms with van der Waals surface area (Å²) in [4.78, 5) is 12.3. The van der Waals surface area contributed by atoms with Gasteiger partial charge in [-0.3, -0.25) is 4.79 Å². The van der Waals surface area contributed by atoms with E-state index in [1.807, 2.05) is 6.07 Å². The minimum atomic E-state index is -0.333. The Kier molecular flexibility index (Phi) is 4.58. The van der Waals surface area contributed by atoms with E-state index < -0.39 is 0 Å². The molecule has 116 valence electrons. The van der Waals surface area contributed by atoms with Crippen molar-refractivity contribution in [1.29, 1.82) is 0 Å². The van der Waals surface area contributed by atoms with Crippen molar-refractivity contribution in [2.24, 2.45) is 0 Å². The molecular weight excluding hydrogens is 431 g/mol. The Morgan fingerprint density at radius 2 is 1.74 bits per heavy atom. The van der Waals surface area contributed by atoms with Crippen molar-refractivity contribution in [3.8, 4) is 11.3 Å². The first kappa shape index (κ1) is 15.9. The van der Waals surface area contributed by atoms with Gasteiger partial charge in [-0.2, -0.15) is 0 Å². The van der Waals surface area contributed by atoms with Crippen LogP contribution in [0.5, 0.6) is 0 Å². The second-order valence-electron chi connectivity index (χ2n) is 4.63. The predicted molar refractivity (Wildman–Crippen MR) is 91.7 cm³/mol. The zero-order valence-electron chi connectivity index (χ0n) is 11.5. The number of anilines is 1. The normalized spacial score (nSPS) is 10.6. The molecule has 0 aliphatic heterocycles. The summed E-state index contributed by atoms with van der Waals surface area (Å²) in [5, 5.41) is 6.47. The number of aromatic nitrogens is 1. The molecule has 3 aromatic rings. The van der Waals surface area contributed by atoms with E-state index in [2.05, 4.69) is 42.3 Å². The van der Waals surface area contributed by atoms with Gasteiger partial charge in [0, 0.05) is 20.6 Å². The zero-order chi connectivity index (χ0) is 16.4. The summed E-state index contributed by atoms with van der Waals surface area (Å²) in [7, 11) is 0. The molecule has 0 saturated carbocycles. The third-order valence-corrected chi connectivity index (χ3v) is 4.39. The highest BCUT2D eigenvalue weighted by molar-refractivity contribution is 9.11. The third-order valence-electron chi connectivity index (χ3n) is 3.07. The second-order valence-corrected chi connectivity index (χ2v) is 6.34. The molecule has 1 N–H and O–H groups in total. The van der Waals surface area contributed by atoms with E-state index >= 15 is 0 Å². The Bertz CT molecular complexity index is 843. The molecule has 1 heterocycles. The van der Waals surface area contributed by atoms with E-state index in [0.29, 0.717) is 25.8 Å². The molecule has 0 radical (unpaired) electrons. The first-order chi connectivity index (χ1) is 11.0. The number of carbonyl (C=O) groups is 1. The van der Waals surface area contributed by atoms with E-state index in [1.54, 1.807) is 30.3 Å². The van der Waals surface area contributed by atoms with E-state index in [0.717, 1.165) is 0 Å². The molecule has 23 heavy (non-hydrogen) atoms. The summed E-state index contributed by atoms with van der Waals surface area (Å²) >= 11 is 6.68. The van der Waals surface area contributed by atoms with Gasteiger partial charge >= 0.3 is 0 Å².